The first-order valence-corrected chi connectivity index (χ1v) is 3.87. The summed E-state index contributed by atoms with van der Waals surface area (Å²) in [5.41, 5.74) is 0. The van der Waals surface area contributed by atoms with Gasteiger partial charge in [0.2, 0.25) is 0 Å². The molecule has 0 aromatic rings. The summed E-state index contributed by atoms with van der Waals surface area (Å²) in [6.45, 7) is 0. The van der Waals surface area contributed by atoms with Crippen molar-refractivity contribution in [3.8, 4) is 0 Å². The second kappa shape index (κ2) is 25.2. The molecule has 0 aliphatic heterocycles. The standard InChI is InChI=1S/CH3.2ClH.In/h1H3;2*1H;/q;;;+2/p-2. The first-order valence-electron chi connectivity index (χ1n) is 0.577. The van der Waals surface area contributed by atoms with Crippen LogP contribution in [0.1, 0.15) is 0 Å². The van der Waals surface area contributed by atoms with Crippen molar-refractivity contribution in [2.45, 2.75) is 4.68 Å². The summed E-state index contributed by atoms with van der Waals surface area (Å²) in [4.78, 5) is 0. The molecule has 0 atom stereocenters. The van der Waals surface area contributed by atoms with Crippen molar-refractivity contribution in [3.63, 3.8) is 0 Å². The Morgan fingerprint density at radius 2 is 1.00 bits per heavy atom. The van der Waals surface area contributed by atoms with Crippen molar-refractivity contribution in [2.75, 3.05) is 0 Å². The van der Waals surface area contributed by atoms with E-state index in [0.717, 1.165) is 0 Å². The van der Waals surface area contributed by atoms with E-state index in [4.69, 9.17) is 0 Å². The van der Waals surface area contributed by atoms with Crippen LogP contribution in [-0.4, -0.2) is 24.4 Å². The molecule has 0 saturated carbocycles. The largest absolute Gasteiger partial charge is 1.00 e. The summed E-state index contributed by atoms with van der Waals surface area (Å²) in [5.74, 6) is 0. The molecule has 24 valence electrons. The van der Waals surface area contributed by atoms with Crippen molar-refractivity contribution in [3.05, 3.63) is 0 Å². The summed E-state index contributed by atoms with van der Waals surface area (Å²) in [6, 6.07) is 0. The number of halogens is 2. The number of rotatable bonds is 0. The Hall–Kier alpha value is 1.45. The zero-order valence-corrected chi connectivity index (χ0v) is 7.14. The van der Waals surface area contributed by atoms with Gasteiger partial charge in [0, 0.05) is 0 Å². The van der Waals surface area contributed by atoms with E-state index < -0.39 is 0 Å². The van der Waals surface area contributed by atoms with E-state index in [1.165, 1.54) is 24.4 Å². The van der Waals surface area contributed by atoms with Crippen LogP contribution in [0, 0.1) is 0 Å². The molecule has 0 fully saturated rings. The van der Waals surface area contributed by atoms with Gasteiger partial charge in [-0.15, -0.1) is 0 Å². The Balaban J connectivity index is -0.00000000500. The minimum atomic E-state index is 0. The van der Waals surface area contributed by atoms with Gasteiger partial charge in [-0.25, -0.2) is 0 Å². The summed E-state index contributed by atoms with van der Waals surface area (Å²) in [6.07, 6.45) is 0. The predicted molar refractivity (Wildman–Crippen MR) is 11.6 cm³/mol. The maximum atomic E-state index is 2.13. The number of hydrogen-bond donors (Lipinski definition) is 0. The molecule has 0 rings (SSSR count). The van der Waals surface area contributed by atoms with Gasteiger partial charge in [0.15, 0.2) is 0 Å². The normalized spacial score (nSPS) is 1.75. The molecular weight excluding hydrogens is 198 g/mol. The average Bonchev–Trinajstić information content (AvgIpc) is 1.00. The molecule has 0 unspecified atom stereocenters. The monoisotopic (exact) mass is 200 g/mol. The Labute approximate surface area is 53.7 Å². The predicted octanol–water partition coefficient (Wildman–Crippen LogP) is -5.79. The zero-order valence-electron chi connectivity index (χ0n) is 2.33. The van der Waals surface area contributed by atoms with Crippen LogP contribution in [0.4, 0.5) is 0 Å². The zero-order chi connectivity index (χ0) is 2.00. The fourth-order valence-electron chi connectivity index (χ4n) is 0. The third-order valence-electron chi connectivity index (χ3n) is 0. The molecule has 0 spiro atoms. The third kappa shape index (κ3) is 9.85. The molecule has 4 heavy (non-hydrogen) atoms. The summed E-state index contributed by atoms with van der Waals surface area (Å²) in [7, 11) is 0. The van der Waals surface area contributed by atoms with Gasteiger partial charge < -0.3 is 24.8 Å². The Kier molecular flexibility index (Phi) is 113. The van der Waals surface area contributed by atoms with Crippen LogP contribution in [0.15, 0.2) is 0 Å². The van der Waals surface area contributed by atoms with Crippen molar-refractivity contribution in [1.29, 1.82) is 0 Å². The molecular formula is CH3Cl2In. The Bertz CT molecular complexity index is 6.00. The van der Waals surface area contributed by atoms with E-state index in [0.29, 0.717) is 0 Å². The van der Waals surface area contributed by atoms with Gasteiger partial charge in [0.25, 0.3) is 0 Å². The summed E-state index contributed by atoms with van der Waals surface area (Å²) < 4.78 is 2.13. The fraction of sp³-hybridized carbons (Fsp3) is 1.00. The van der Waals surface area contributed by atoms with Crippen LogP contribution in [-0.2, 0) is 0 Å². The van der Waals surface area contributed by atoms with E-state index in [1.807, 2.05) is 0 Å². The summed E-state index contributed by atoms with van der Waals surface area (Å²) in [5, 5.41) is 0. The average molecular weight is 201 g/mol. The molecule has 0 heterocycles. The number of hydrogen-bond acceptors (Lipinski definition) is 0. The molecule has 0 aromatic carbocycles. The van der Waals surface area contributed by atoms with Gasteiger partial charge in [0.1, 0.15) is 0 Å². The molecule has 0 radical (unpaired) electrons. The van der Waals surface area contributed by atoms with Crippen LogP contribution >= 0.6 is 0 Å². The molecule has 0 amide bonds. The van der Waals surface area contributed by atoms with Crippen molar-refractivity contribution in [2.24, 2.45) is 0 Å². The maximum absolute atomic E-state index is 2.13. The van der Waals surface area contributed by atoms with Crippen molar-refractivity contribution >= 4 is 24.4 Å². The topological polar surface area (TPSA) is 0 Å². The van der Waals surface area contributed by atoms with Gasteiger partial charge in [-0.05, 0) is 0 Å². The molecule has 0 bridgehead atoms. The van der Waals surface area contributed by atoms with Gasteiger partial charge >= 0.3 is 29.1 Å². The first-order chi connectivity index (χ1) is 1.00. The Morgan fingerprint density at radius 1 is 1.00 bits per heavy atom. The van der Waals surface area contributed by atoms with Crippen LogP contribution < -0.4 is 24.8 Å². The van der Waals surface area contributed by atoms with Crippen molar-refractivity contribution < 1.29 is 24.8 Å². The molecule has 0 aromatic heterocycles. The van der Waals surface area contributed by atoms with E-state index in [2.05, 4.69) is 4.68 Å². The molecule has 0 N–H and O–H groups in total. The van der Waals surface area contributed by atoms with Crippen LogP contribution in [0.2, 0.25) is 4.68 Å². The minimum absolute atomic E-state index is 0. The van der Waals surface area contributed by atoms with Gasteiger partial charge in [-0.3, -0.25) is 0 Å². The van der Waals surface area contributed by atoms with E-state index >= 15 is 0 Å². The smallest absolute Gasteiger partial charge is 1.00 e. The molecule has 3 heteroatoms. The second-order valence-electron chi connectivity index (χ2n) is 0. The first kappa shape index (κ1) is 18.0. The Morgan fingerprint density at radius 3 is 1.00 bits per heavy atom. The van der Waals surface area contributed by atoms with Crippen LogP contribution in [0.5, 0.6) is 0 Å². The molecule has 0 nitrogen and oxygen atoms in total. The quantitative estimate of drug-likeness (QED) is 0.366. The maximum Gasteiger partial charge on any atom is -1.00 e. The van der Waals surface area contributed by atoms with Gasteiger partial charge in [0.05, 0.1) is 0 Å². The van der Waals surface area contributed by atoms with E-state index in [-0.39, 0.29) is 24.8 Å². The molecule has 0 aliphatic carbocycles. The van der Waals surface area contributed by atoms with Gasteiger partial charge in [-0.2, -0.15) is 0 Å². The molecule has 0 aliphatic rings. The molecule has 0 saturated heterocycles. The fourth-order valence-corrected chi connectivity index (χ4v) is 0. The van der Waals surface area contributed by atoms with E-state index in [9.17, 15) is 0 Å². The van der Waals surface area contributed by atoms with Gasteiger partial charge in [-0.1, -0.05) is 0 Å². The second-order valence-corrected chi connectivity index (χ2v) is 0. The van der Waals surface area contributed by atoms with Crippen LogP contribution in [0.25, 0.3) is 0 Å². The minimum Gasteiger partial charge on any atom is -1.00 e. The summed E-state index contributed by atoms with van der Waals surface area (Å²) >= 11 is 1.35. The SMILES string of the molecule is [CH3][In+2].[Cl-].[Cl-]. The van der Waals surface area contributed by atoms with E-state index in [1.54, 1.807) is 0 Å². The van der Waals surface area contributed by atoms with Crippen molar-refractivity contribution in [1.82, 2.24) is 0 Å². The van der Waals surface area contributed by atoms with Crippen LogP contribution in [0.3, 0.4) is 0 Å². The third-order valence-corrected chi connectivity index (χ3v) is 0.